The van der Waals surface area contributed by atoms with Crippen LogP contribution in [0.2, 0.25) is 0 Å². The molecule has 0 aromatic heterocycles. The first-order valence-electron chi connectivity index (χ1n) is 8.49. The third-order valence-electron chi connectivity index (χ3n) is 4.30. The van der Waals surface area contributed by atoms with Gasteiger partial charge in [-0.25, -0.2) is 0 Å². The van der Waals surface area contributed by atoms with Crippen molar-refractivity contribution in [3.63, 3.8) is 0 Å². The summed E-state index contributed by atoms with van der Waals surface area (Å²) >= 11 is 0. The average molecular weight is 334 g/mol. The fourth-order valence-electron chi connectivity index (χ4n) is 2.51. The minimum Gasteiger partial charge on any atom is -0.326 e. The lowest BCUT2D eigenvalue weighted by molar-refractivity contribution is -0.117. The Bertz CT molecular complexity index is 818. The maximum atomic E-state index is 12.2. The molecule has 0 saturated heterocycles. The Labute approximate surface area is 148 Å². The average Bonchev–Trinajstić information content (AvgIpc) is 3.43. The maximum absolute atomic E-state index is 12.2. The van der Waals surface area contributed by atoms with Gasteiger partial charge in [-0.2, -0.15) is 0 Å². The van der Waals surface area contributed by atoms with Crippen LogP contribution >= 0.6 is 0 Å². The van der Waals surface area contributed by atoms with Crippen LogP contribution in [-0.4, -0.2) is 11.8 Å². The van der Waals surface area contributed by atoms with E-state index in [1.807, 2.05) is 56.3 Å². The van der Waals surface area contributed by atoms with Crippen LogP contribution in [0.25, 0.3) is 6.08 Å². The summed E-state index contributed by atoms with van der Waals surface area (Å²) in [6, 6.07) is 13.5. The van der Waals surface area contributed by atoms with Gasteiger partial charge in [0.1, 0.15) is 0 Å². The minimum absolute atomic E-state index is 0.0610. The molecule has 0 bridgehead atoms. The highest BCUT2D eigenvalue weighted by molar-refractivity contribution is 6.03. The van der Waals surface area contributed by atoms with Crippen LogP contribution in [0.1, 0.15) is 29.5 Å². The van der Waals surface area contributed by atoms with E-state index in [1.165, 1.54) is 11.6 Å². The molecule has 4 nitrogen and oxygen atoms in total. The molecule has 0 unspecified atom stereocenters. The zero-order valence-corrected chi connectivity index (χ0v) is 14.5. The van der Waals surface area contributed by atoms with Crippen molar-refractivity contribution >= 4 is 29.3 Å². The molecule has 1 aliphatic carbocycles. The molecule has 0 spiro atoms. The van der Waals surface area contributed by atoms with Crippen LogP contribution in [0.15, 0.2) is 48.5 Å². The summed E-state index contributed by atoms with van der Waals surface area (Å²) in [6.45, 7) is 3.92. The Morgan fingerprint density at radius 1 is 0.960 bits per heavy atom. The SMILES string of the molecule is Cc1ccc(/C=C/C(=O)Nc2cccc(NC(=O)C3CC3)c2C)cc1. The second kappa shape index (κ2) is 7.34. The first kappa shape index (κ1) is 17.0. The fourth-order valence-corrected chi connectivity index (χ4v) is 2.51. The molecule has 0 radical (unpaired) electrons. The normalized spacial score (nSPS) is 13.7. The molecule has 0 heterocycles. The van der Waals surface area contributed by atoms with Crippen LogP contribution in [0.3, 0.4) is 0 Å². The van der Waals surface area contributed by atoms with Crippen molar-refractivity contribution in [3.05, 3.63) is 65.2 Å². The van der Waals surface area contributed by atoms with Gasteiger partial charge in [0.2, 0.25) is 11.8 Å². The number of anilines is 2. The zero-order chi connectivity index (χ0) is 17.8. The molecule has 1 fully saturated rings. The molecule has 2 N–H and O–H groups in total. The van der Waals surface area contributed by atoms with Gasteiger partial charge < -0.3 is 10.6 Å². The molecule has 1 saturated carbocycles. The Kier molecular flexibility index (Phi) is 4.98. The van der Waals surface area contributed by atoms with Crippen molar-refractivity contribution in [2.75, 3.05) is 10.6 Å². The van der Waals surface area contributed by atoms with E-state index in [9.17, 15) is 9.59 Å². The molecule has 0 aliphatic heterocycles. The lowest BCUT2D eigenvalue weighted by Gasteiger charge is -2.12. The zero-order valence-electron chi connectivity index (χ0n) is 14.5. The Balaban J connectivity index is 1.66. The predicted molar refractivity (Wildman–Crippen MR) is 101 cm³/mol. The van der Waals surface area contributed by atoms with Crippen molar-refractivity contribution < 1.29 is 9.59 Å². The Morgan fingerprint density at radius 3 is 2.24 bits per heavy atom. The first-order valence-corrected chi connectivity index (χ1v) is 8.49. The third kappa shape index (κ3) is 4.57. The standard InChI is InChI=1S/C21H22N2O2/c1-14-6-8-16(9-7-14)10-13-20(24)22-18-4-3-5-19(15(18)2)23-21(25)17-11-12-17/h3-10,13,17H,11-12H2,1-2H3,(H,22,24)(H,23,25)/b13-10+. The highest BCUT2D eigenvalue weighted by Gasteiger charge is 2.29. The molecule has 3 rings (SSSR count). The Hall–Kier alpha value is -2.88. The summed E-state index contributed by atoms with van der Waals surface area (Å²) < 4.78 is 0. The highest BCUT2D eigenvalue weighted by atomic mass is 16.2. The molecule has 25 heavy (non-hydrogen) atoms. The first-order chi connectivity index (χ1) is 12.0. The van der Waals surface area contributed by atoms with Crippen molar-refractivity contribution in [3.8, 4) is 0 Å². The van der Waals surface area contributed by atoms with Gasteiger partial charge in [0.05, 0.1) is 0 Å². The van der Waals surface area contributed by atoms with Gasteiger partial charge >= 0.3 is 0 Å². The number of benzene rings is 2. The molecule has 2 amide bonds. The van der Waals surface area contributed by atoms with Gasteiger partial charge in [-0.15, -0.1) is 0 Å². The number of carbonyl (C=O) groups excluding carboxylic acids is 2. The summed E-state index contributed by atoms with van der Waals surface area (Å²) in [4.78, 5) is 24.1. The number of hydrogen-bond donors (Lipinski definition) is 2. The van der Waals surface area contributed by atoms with Gasteiger partial charge in [-0.3, -0.25) is 9.59 Å². The van der Waals surface area contributed by atoms with E-state index in [4.69, 9.17) is 0 Å². The van der Waals surface area contributed by atoms with Crippen LogP contribution in [0.5, 0.6) is 0 Å². The van der Waals surface area contributed by atoms with Gasteiger partial charge in [0, 0.05) is 23.4 Å². The molecule has 2 aromatic rings. The van der Waals surface area contributed by atoms with E-state index in [2.05, 4.69) is 10.6 Å². The van der Waals surface area contributed by atoms with E-state index in [0.717, 1.165) is 29.7 Å². The van der Waals surface area contributed by atoms with Gasteiger partial charge in [-0.05, 0) is 56.0 Å². The molecule has 1 aliphatic rings. The quantitative estimate of drug-likeness (QED) is 0.801. The summed E-state index contributed by atoms with van der Waals surface area (Å²) in [5.74, 6) is 0.00952. The minimum atomic E-state index is -0.200. The fraction of sp³-hybridized carbons (Fsp3) is 0.238. The van der Waals surface area contributed by atoms with Crippen LogP contribution < -0.4 is 10.6 Å². The second-order valence-electron chi connectivity index (χ2n) is 6.47. The lowest BCUT2D eigenvalue weighted by Crippen LogP contribution is -2.15. The van der Waals surface area contributed by atoms with E-state index in [1.54, 1.807) is 6.08 Å². The molecule has 2 aromatic carbocycles. The molecule has 0 atom stereocenters. The van der Waals surface area contributed by atoms with Crippen LogP contribution in [-0.2, 0) is 9.59 Å². The Morgan fingerprint density at radius 2 is 1.60 bits per heavy atom. The molecular weight excluding hydrogens is 312 g/mol. The van der Waals surface area contributed by atoms with E-state index in [0.29, 0.717) is 5.69 Å². The number of carbonyl (C=O) groups is 2. The van der Waals surface area contributed by atoms with Crippen LogP contribution in [0, 0.1) is 19.8 Å². The summed E-state index contributed by atoms with van der Waals surface area (Å²) in [6.07, 6.45) is 5.22. The summed E-state index contributed by atoms with van der Waals surface area (Å²) in [5.41, 5.74) is 4.46. The van der Waals surface area contributed by atoms with Gasteiger partial charge in [-0.1, -0.05) is 35.9 Å². The van der Waals surface area contributed by atoms with E-state index < -0.39 is 0 Å². The van der Waals surface area contributed by atoms with E-state index in [-0.39, 0.29) is 17.7 Å². The molecule has 128 valence electrons. The van der Waals surface area contributed by atoms with Crippen LogP contribution in [0.4, 0.5) is 11.4 Å². The number of rotatable bonds is 5. The smallest absolute Gasteiger partial charge is 0.248 e. The predicted octanol–water partition coefficient (Wildman–Crippen LogP) is 4.30. The summed E-state index contributed by atoms with van der Waals surface area (Å²) in [7, 11) is 0. The number of aryl methyl sites for hydroxylation is 1. The van der Waals surface area contributed by atoms with E-state index >= 15 is 0 Å². The van der Waals surface area contributed by atoms with Crippen molar-refractivity contribution in [2.24, 2.45) is 5.92 Å². The number of amides is 2. The third-order valence-corrected chi connectivity index (χ3v) is 4.30. The highest BCUT2D eigenvalue weighted by Crippen LogP contribution is 2.31. The summed E-state index contributed by atoms with van der Waals surface area (Å²) in [5, 5.41) is 5.81. The molecular formula is C21H22N2O2. The topological polar surface area (TPSA) is 58.2 Å². The maximum Gasteiger partial charge on any atom is 0.248 e. The van der Waals surface area contributed by atoms with Crippen molar-refractivity contribution in [1.29, 1.82) is 0 Å². The number of nitrogens with one attached hydrogen (secondary N) is 2. The van der Waals surface area contributed by atoms with Crippen molar-refractivity contribution in [2.45, 2.75) is 26.7 Å². The largest absolute Gasteiger partial charge is 0.326 e. The number of hydrogen-bond acceptors (Lipinski definition) is 2. The monoisotopic (exact) mass is 334 g/mol. The van der Waals surface area contributed by atoms with Gasteiger partial charge in [0.25, 0.3) is 0 Å². The van der Waals surface area contributed by atoms with Gasteiger partial charge in [0.15, 0.2) is 0 Å². The van der Waals surface area contributed by atoms with Crippen molar-refractivity contribution in [1.82, 2.24) is 0 Å². The second-order valence-corrected chi connectivity index (χ2v) is 6.47. The lowest BCUT2D eigenvalue weighted by atomic mass is 10.1. The molecule has 4 heteroatoms.